The quantitative estimate of drug-likeness (QED) is 0.626. The second-order valence-corrected chi connectivity index (χ2v) is 4.51. The molecule has 0 aromatic carbocycles. The van der Waals surface area contributed by atoms with Crippen molar-refractivity contribution in [2.24, 2.45) is 0 Å². The molecule has 1 rings (SSSR count). The Kier molecular flexibility index (Phi) is 4.06. The van der Waals surface area contributed by atoms with Gasteiger partial charge in [-0.1, -0.05) is 0 Å². The molecule has 1 fully saturated rings. The van der Waals surface area contributed by atoms with Crippen LogP contribution in [0.3, 0.4) is 0 Å². The Balaban J connectivity index is 2.53. The number of esters is 1. The lowest BCUT2D eigenvalue weighted by atomic mass is 10.2. The minimum Gasteiger partial charge on any atom is -0.468 e. The lowest BCUT2D eigenvalue weighted by Crippen LogP contribution is -2.49. The number of carbonyl (C=O) groups excluding carboxylic acids is 1. The number of ether oxygens (including phenoxy) is 1. The highest BCUT2D eigenvalue weighted by molar-refractivity contribution is 7.99. The highest BCUT2D eigenvalue weighted by Gasteiger charge is 2.28. The predicted molar refractivity (Wildman–Crippen MR) is 55.0 cm³/mol. The van der Waals surface area contributed by atoms with Crippen LogP contribution < -0.4 is 0 Å². The van der Waals surface area contributed by atoms with Gasteiger partial charge in [-0.2, -0.15) is 11.8 Å². The average Bonchev–Trinajstić information content (AvgIpc) is 2.16. The zero-order chi connectivity index (χ0) is 9.84. The van der Waals surface area contributed by atoms with E-state index in [1.165, 1.54) is 7.11 Å². The van der Waals surface area contributed by atoms with Gasteiger partial charge in [-0.15, -0.1) is 0 Å². The van der Waals surface area contributed by atoms with E-state index < -0.39 is 0 Å². The van der Waals surface area contributed by atoms with Crippen LogP contribution in [0.1, 0.15) is 13.8 Å². The van der Waals surface area contributed by atoms with E-state index in [0.29, 0.717) is 6.04 Å². The summed E-state index contributed by atoms with van der Waals surface area (Å²) in [5.41, 5.74) is 0. The van der Waals surface area contributed by atoms with Gasteiger partial charge in [0.15, 0.2) is 0 Å². The van der Waals surface area contributed by atoms with E-state index in [2.05, 4.69) is 11.8 Å². The third-order valence-electron chi connectivity index (χ3n) is 2.46. The molecule has 3 nitrogen and oxygen atoms in total. The summed E-state index contributed by atoms with van der Waals surface area (Å²) in [5, 5.41) is 0. The molecule has 0 amide bonds. The maximum Gasteiger partial charge on any atom is 0.322 e. The number of hydrogen-bond donors (Lipinski definition) is 0. The molecule has 0 spiro atoms. The molecular weight excluding hydrogens is 186 g/mol. The van der Waals surface area contributed by atoms with Crippen LogP contribution in [-0.2, 0) is 9.53 Å². The van der Waals surface area contributed by atoms with Crippen LogP contribution in [0.4, 0.5) is 0 Å². The molecule has 13 heavy (non-hydrogen) atoms. The first kappa shape index (κ1) is 10.9. The van der Waals surface area contributed by atoms with Gasteiger partial charge in [0.1, 0.15) is 6.04 Å². The zero-order valence-corrected chi connectivity index (χ0v) is 9.26. The van der Waals surface area contributed by atoms with E-state index in [0.717, 1.165) is 18.1 Å². The van der Waals surface area contributed by atoms with Crippen LogP contribution in [0, 0.1) is 0 Å². The van der Waals surface area contributed by atoms with Crippen LogP contribution in [0.5, 0.6) is 0 Å². The molecule has 0 bridgehead atoms. The fourth-order valence-electron chi connectivity index (χ4n) is 1.62. The minimum atomic E-state index is -0.126. The molecule has 0 aliphatic carbocycles. The van der Waals surface area contributed by atoms with Crippen LogP contribution in [0.25, 0.3) is 0 Å². The molecule has 1 heterocycles. The molecule has 0 aromatic rings. The molecule has 1 aliphatic heterocycles. The van der Waals surface area contributed by atoms with Crippen molar-refractivity contribution >= 4 is 17.7 Å². The van der Waals surface area contributed by atoms with Crippen molar-refractivity contribution in [1.82, 2.24) is 4.90 Å². The second kappa shape index (κ2) is 4.86. The summed E-state index contributed by atoms with van der Waals surface area (Å²) in [6.07, 6.45) is 0. The largest absolute Gasteiger partial charge is 0.468 e. The van der Waals surface area contributed by atoms with Crippen molar-refractivity contribution in [3.63, 3.8) is 0 Å². The Labute approximate surface area is 83.8 Å². The predicted octanol–water partition coefficient (Wildman–Crippen LogP) is 0.985. The fourth-order valence-corrected chi connectivity index (χ4v) is 2.66. The number of thioether (sulfide) groups is 1. The Morgan fingerprint density at radius 3 is 2.92 bits per heavy atom. The average molecular weight is 203 g/mol. The molecule has 0 saturated carbocycles. The molecule has 76 valence electrons. The summed E-state index contributed by atoms with van der Waals surface area (Å²) in [5.74, 6) is 2.10. The first-order chi connectivity index (χ1) is 6.16. The van der Waals surface area contributed by atoms with Gasteiger partial charge in [-0.05, 0) is 13.8 Å². The molecule has 0 aromatic heterocycles. The smallest absolute Gasteiger partial charge is 0.322 e. The second-order valence-electron chi connectivity index (χ2n) is 3.36. The maximum atomic E-state index is 11.3. The molecule has 2 unspecified atom stereocenters. The van der Waals surface area contributed by atoms with Crippen LogP contribution in [0.15, 0.2) is 0 Å². The standard InChI is InChI=1S/C9H17NO2S/c1-7-6-13-5-4-10(7)8(2)9(11)12-3/h7-8H,4-6H2,1-3H3. The monoisotopic (exact) mass is 203 g/mol. The molecule has 4 heteroatoms. The van der Waals surface area contributed by atoms with Gasteiger partial charge in [-0.3, -0.25) is 9.69 Å². The summed E-state index contributed by atoms with van der Waals surface area (Å²) in [6.45, 7) is 5.06. The molecule has 1 saturated heterocycles. The third kappa shape index (κ3) is 2.61. The summed E-state index contributed by atoms with van der Waals surface area (Å²) in [7, 11) is 1.45. The fraction of sp³-hybridized carbons (Fsp3) is 0.889. The normalized spacial score (nSPS) is 26.8. The highest BCUT2D eigenvalue weighted by Crippen LogP contribution is 2.18. The number of nitrogens with zero attached hydrogens (tertiary/aromatic N) is 1. The number of hydrogen-bond acceptors (Lipinski definition) is 4. The first-order valence-electron chi connectivity index (χ1n) is 4.58. The van der Waals surface area contributed by atoms with Gasteiger partial charge in [0.25, 0.3) is 0 Å². The van der Waals surface area contributed by atoms with Crippen LogP contribution in [-0.4, -0.2) is 48.1 Å². The Hall–Kier alpha value is -0.220. The Bertz CT molecular complexity index is 186. The van der Waals surface area contributed by atoms with Crippen molar-refractivity contribution in [2.75, 3.05) is 25.2 Å². The van der Waals surface area contributed by atoms with E-state index >= 15 is 0 Å². The molecule has 1 aliphatic rings. The van der Waals surface area contributed by atoms with Crippen LogP contribution >= 0.6 is 11.8 Å². The van der Waals surface area contributed by atoms with Crippen molar-refractivity contribution in [2.45, 2.75) is 25.9 Å². The highest BCUT2D eigenvalue weighted by atomic mass is 32.2. The molecular formula is C9H17NO2S. The lowest BCUT2D eigenvalue weighted by Gasteiger charge is -2.36. The Morgan fingerprint density at radius 1 is 1.69 bits per heavy atom. The molecule has 0 N–H and O–H groups in total. The van der Waals surface area contributed by atoms with Crippen LogP contribution in [0.2, 0.25) is 0 Å². The van der Waals surface area contributed by atoms with Crippen molar-refractivity contribution in [3.05, 3.63) is 0 Å². The zero-order valence-electron chi connectivity index (χ0n) is 8.45. The summed E-state index contributed by atoms with van der Waals surface area (Å²) < 4.78 is 4.73. The summed E-state index contributed by atoms with van der Waals surface area (Å²) in [4.78, 5) is 13.5. The van der Waals surface area contributed by atoms with Crippen molar-refractivity contribution in [3.8, 4) is 0 Å². The van der Waals surface area contributed by atoms with E-state index in [-0.39, 0.29) is 12.0 Å². The topological polar surface area (TPSA) is 29.5 Å². The third-order valence-corrected chi connectivity index (χ3v) is 3.65. The molecule has 2 atom stereocenters. The van der Waals surface area contributed by atoms with Gasteiger partial charge in [0, 0.05) is 24.1 Å². The first-order valence-corrected chi connectivity index (χ1v) is 5.73. The Morgan fingerprint density at radius 2 is 2.38 bits per heavy atom. The SMILES string of the molecule is COC(=O)C(C)N1CCSCC1C. The van der Waals surface area contributed by atoms with Crippen molar-refractivity contribution < 1.29 is 9.53 Å². The van der Waals surface area contributed by atoms with Gasteiger partial charge in [0.05, 0.1) is 7.11 Å². The van der Waals surface area contributed by atoms with E-state index in [9.17, 15) is 4.79 Å². The van der Waals surface area contributed by atoms with Gasteiger partial charge in [0.2, 0.25) is 0 Å². The van der Waals surface area contributed by atoms with Crippen molar-refractivity contribution in [1.29, 1.82) is 0 Å². The number of methoxy groups -OCH3 is 1. The molecule has 0 radical (unpaired) electrons. The van der Waals surface area contributed by atoms with E-state index in [1.54, 1.807) is 0 Å². The minimum absolute atomic E-state index is 0.0964. The van der Waals surface area contributed by atoms with Gasteiger partial charge in [-0.25, -0.2) is 0 Å². The maximum absolute atomic E-state index is 11.3. The van der Waals surface area contributed by atoms with Gasteiger partial charge >= 0.3 is 5.97 Å². The van der Waals surface area contributed by atoms with E-state index in [4.69, 9.17) is 4.74 Å². The van der Waals surface area contributed by atoms with E-state index in [1.807, 2.05) is 18.7 Å². The lowest BCUT2D eigenvalue weighted by molar-refractivity contribution is -0.146. The summed E-state index contributed by atoms with van der Waals surface area (Å²) >= 11 is 1.95. The number of carbonyl (C=O) groups is 1. The number of rotatable bonds is 2. The summed E-state index contributed by atoms with van der Waals surface area (Å²) in [6, 6.07) is 0.383. The van der Waals surface area contributed by atoms with Gasteiger partial charge < -0.3 is 4.74 Å².